The van der Waals surface area contributed by atoms with Crippen LogP contribution in [0.15, 0.2) is 54.9 Å². The quantitative estimate of drug-likeness (QED) is 0.681. The fourth-order valence-electron chi connectivity index (χ4n) is 3.21. The largest absolute Gasteiger partial charge is 0.322 e. The molecule has 3 aromatic rings. The third kappa shape index (κ3) is 3.44. The van der Waals surface area contributed by atoms with Crippen LogP contribution in [0, 0.1) is 17.5 Å². The van der Waals surface area contributed by atoms with Gasteiger partial charge in [0.05, 0.1) is 11.1 Å². The van der Waals surface area contributed by atoms with Crippen LogP contribution in [-0.2, 0) is 6.42 Å². The van der Waals surface area contributed by atoms with E-state index in [0.29, 0.717) is 36.0 Å². The van der Waals surface area contributed by atoms with Crippen molar-refractivity contribution in [3.05, 3.63) is 89.0 Å². The van der Waals surface area contributed by atoms with Crippen LogP contribution in [0.4, 0.5) is 24.5 Å². The minimum atomic E-state index is -1.71. The van der Waals surface area contributed by atoms with Crippen LogP contribution in [0.1, 0.15) is 26.3 Å². The van der Waals surface area contributed by atoms with Crippen LogP contribution >= 0.6 is 0 Å². The van der Waals surface area contributed by atoms with E-state index >= 15 is 0 Å². The minimum absolute atomic E-state index is 0.230. The molecule has 0 radical (unpaired) electrons. The molecule has 2 aromatic carbocycles. The average Bonchev–Trinajstić information content (AvgIpc) is 3.15. The minimum Gasteiger partial charge on any atom is -0.322 e. The van der Waals surface area contributed by atoms with Crippen LogP contribution in [0.5, 0.6) is 0 Å². The van der Waals surface area contributed by atoms with Gasteiger partial charge >= 0.3 is 0 Å². The van der Waals surface area contributed by atoms with E-state index in [0.717, 1.165) is 11.6 Å². The van der Waals surface area contributed by atoms with Gasteiger partial charge in [0, 0.05) is 30.3 Å². The third-order valence-electron chi connectivity index (χ3n) is 4.67. The number of fused-ring (bicyclic) bond motifs is 1. The van der Waals surface area contributed by atoms with Crippen molar-refractivity contribution in [2.24, 2.45) is 0 Å². The zero-order chi connectivity index (χ0) is 20.5. The van der Waals surface area contributed by atoms with E-state index in [1.807, 2.05) is 0 Å². The summed E-state index contributed by atoms with van der Waals surface area (Å²) in [5.74, 6) is -5.80. The first-order chi connectivity index (χ1) is 14.0. The maximum absolute atomic E-state index is 13.9. The molecule has 1 aliphatic heterocycles. The summed E-state index contributed by atoms with van der Waals surface area (Å²) in [5, 5.41) is 2.46. The molecule has 0 aliphatic carbocycles. The summed E-state index contributed by atoms with van der Waals surface area (Å²) < 4.78 is 40.3. The molecule has 8 heteroatoms. The van der Waals surface area contributed by atoms with Crippen molar-refractivity contribution >= 4 is 23.2 Å². The number of nitrogens with zero attached hydrogens (tertiary/aromatic N) is 2. The normalized spacial score (nSPS) is 12.6. The molecule has 0 spiro atoms. The Balaban J connectivity index is 1.59. The van der Waals surface area contributed by atoms with E-state index < -0.39 is 28.9 Å². The third-order valence-corrected chi connectivity index (χ3v) is 4.67. The number of benzene rings is 2. The molecule has 1 N–H and O–H groups in total. The number of nitrogens with one attached hydrogen (secondary N) is 1. The second-order valence-corrected chi connectivity index (χ2v) is 6.47. The Morgan fingerprint density at radius 3 is 2.62 bits per heavy atom. The summed E-state index contributed by atoms with van der Waals surface area (Å²) in [7, 11) is 0. The first kappa shape index (κ1) is 18.7. The van der Waals surface area contributed by atoms with Gasteiger partial charge in [-0.05, 0) is 48.4 Å². The van der Waals surface area contributed by atoms with Gasteiger partial charge in [-0.3, -0.25) is 14.6 Å². The molecule has 0 saturated heterocycles. The van der Waals surface area contributed by atoms with Gasteiger partial charge in [-0.25, -0.2) is 13.2 Å². The molecular weight excluding hydrogens is 383 g/mol. The molecule has 146 valence electrons. The molecule has 29 heavy (non-hydrogen) atoms. The van der Waals surface area contributed by atoms with Gasteiger partial charge in [-0.15, -0.1) is 0 Å². The number of pyridine rings is 1. The molecular formula is C21H14F3N3O2. The number of hydrogen-bond acceptors (Lipinski definition) is 3. The number of rotatable bonds is 3. The lowest BCUT2D eigenvalue weighted by atomic mass is 10.1. The van der Waals surface area contributed by atoms with Gasteiger partial charge < -0.3 is 10.2 Å². The second kappa shape index (κ2) is 7.38. The van der Waals surface area contributed by atoms with E-state index in [1.54, 1.807) is 41.4 Å². The maximum Gasteiger partial charge on any atom is 0.259 e. The standard InChI is InChI=1S/C21H14F3N3O2/c22-16-6-5-15(18(23)19(16)24)20(28)26-14-4-3-12-7-9-27(17(12)10-14)21(29)13-2-1-8-25-11-13/h1-6,8,10-11H,7,9H2,(H,26,28). The number of carbonyl (C=O) groups excluding carboxylic acids is 2. The van der Waals surface area contributed by atoms with Crippen LogP contribution in [0.2, 0.25) is 0 Å². The molecule has 4 rings (SSSR count). The number of amides is 2. The summed E-state index contributed by atoms with van der Waals surface area (Å²) in [4.78, 5) is 30.6. The number of hydrogen-bond donors (Lipinski definition) is 1. The molecule has 1 aliphatic rings. The van der Waals surface area contributed by atoms with Crippen LogP contribution in [0.3, 0.4) is 0 Å². The van der Waals surface area contributed by atoms with Crippen molar-refractivity contribution in [2.45, 2.75) is 6.42 Å². The smallest absolute Gasteiger partial charge is 0.259 e. The van der Waals surface area contributed by atoms with Crippen molar-refractivity contribution in [3.63, 3.8) is 0 Å². The van der Waals surface area contributed by atoms with Crippen LogP contribution in [0.25, 0.3) is 0 Å². The highest BCUT2D eigenvalue weighted by Crippen LogP contribution is 2.32. The lowest BCUT2D eigenvalue weighted by Crippen LogP contribution is -2.29. The fraction of sp³-hybridized carbons (Fsp3) is 0.0952. The van der Waals surface area contributed by atoms with E-state index in [1.165, 1.54) is 6.20 Å². The summed E-state index contributed by atoms with van der Waals surface area (Å²) >= 11 is 0. The number of halogens is 3. The van der Waals surface area contributed by atoms with Gasteiger partial charge in [-0.2, -0.15) is 0 Å². The molecule has 0 unspecified atom stereocenters. The summed E-state index contributed by atoms with van der Waals surface area (Å²) in [5.41, 5.74) is 1.64. The van der Waals surface area contributed by atoms with Crippen molar-refractivity contribution < 1.29 is 22.8 Å². The Morgan fingerprint density at radius 1 is 1.03 bits per heavy atom. The molecule has 0 saturated carbocycles. The summed E-state index contributed by atoms with van der Waals surface area (Å²) in [6.07, 6.45) is 3.69. The molecule has 0 fully saturated rings. The Labute approximate surface area is 163 Å². The summed E-state index contributed by atoms with van der Waals surface area (Å²) in [6, 6.07) is 9.82. The molecule has 0 atom stereocenters. The van der Waals surface area contributed by atoms with Gasteiger partial charge in [0.1, 0.15) is 0 Å². The molecule has 5 nitrogen and oxygen atoms in total. The van der Waals surface area contributed by atoms with Crippen molar-refractivity contribution in [2.75, 3.05) is 16.8 Å². The van der Waals surface area contributed by atoms with Crippen molar-refractivity contribution in [3.8, 4) is 0 Å². The van der Waals surface area contributed by atoms with Crippen molar-refractivity contribution in [1.82, 2.24) is 4.98 Å². The number of aromatic nitrogens is 1. The Bertz CT molecular complexity index is 1120. The Morgan fingerprint density at radius 2 is 1.86 bits per heavy atom. The van der Waals surface area contributed by atoms with Gasteiger partial charge in [0.2, 0.25) is 0 Å². The van der Waals surface area contributed by atoms with E-state index in [2.05, 4.69) is 10.3 Å². The second-order valence-electron chi connectivity index (χ2n) is 6.47. The summed E-state index contributed by atoms with van der Waals surface area (Å²) in [6.45, 7) is 0.470. The fourth-order valence-corrected chi connectivity index (χ4v) is 3.21. The SMILES string of the molecule is O=C(Nc1ccc2c(c1)N(C(=O)c1cccnc1)CC2)c1ccc(F)c(F)c1F. The lowest BCUT2D eigenvalue weighted by molar-refractivity contribution is 0.0987. The first-order valence-corrected chi connectivity index (χ1v) is 8.75. The van der Waals surface area contributed by atoms with Gasteiger partial charge in [0.15, 0.2) is 17.5 Å². The predicted molar refractivity (Wildman–Crippen MR) is 100 cm³/mol. The molecule has 1 aromatic heterocycles. The molecule has 2 amide bonds. The first-order valence-electron chi connectivity index (χ1n) is 8.75. The highest BCUT2D eigenvalue weighted by Gasteiger charge is 2.26. The Hall–Kier alpha value is -3.68. The van der Waals surface area contributed by atoms with Crippen LogP contribution in [-0.4, -0.2) is 23.3 Å². The van der Waals surface area contributed by atoms with E-state index in [4.69, 9.17) is 0 Å². The number of anilines is 2. The molecule has 0 bridgehead atoms. The van der Waals surface area contributed by atoms with Crippen molar-refractivity contribution in [1.29, 1.82) is 0 Å². The lowest BCUT2D eigenvalue weighted by Gasteiger charge is -2.18. The van der Waals surface area contributed by atoms with E-state index in [9.17, 15) is 22.8 Å². The van der Waals surface area contributed by atoms with Gasteiger partial charge in [-0.1, -0.05) is 6.07 Å². The zero-order valence-electron chi connectivity index (χ0n) is 15.0. The molecule has 2 heterocycles. The topological polar surface area (TPSA) is 62.3 Å². The van der Waals surface area contributed by atoms with Crippen LogP contribution < -0.4 is 10.2 Å². The predicted octanol–water partition coefficient (Wildman–Crippen LogP) is 3.95. The van der Waals surface area contributed by atoms with Gasteiger partial charge in [0.25, 0.3) is 11.8 Å². The highest BCUT2D eigenvalue weighted by atomic mass is 19.2. The highest BCUT2D eigenvalue weighted by molar-refractivity contribution is 6.08. The number of carbonyl (C=O) groups is 2. The average molecular weight is 397 g/mol. The Kier molecular flexibility index (Phi) is 4.75. The monoisotopic (exact) mass is 397 g/mol. The zero-order valence-corrected chi connectivity index (χ0v) is 15.0. The maximum atomic E-state index is 13.9. The van der Waals surface area contributed by atoms with E-state index in [-0.39, 0.29) is 5.91 Å².